The zero-order valence-electron chi connectivity index (χ0n) is 25.7. The van der Waals surface area contributed by atoms with Gasteiger partial charge in [0.1, 0.15) is 5.41 Å². The molecule has 1 atom stereocenters. The number of esters is 3. The maximum Gasteiger partial charge on any atom is 0.309 e. The van der Waals surface area contributed by atoms with Crippen molar-refractivity contribution in [2.45, 2.75) is 155 Å². The SMILES string of the molecule is CCCCCCCC(=O)OC(C)C(OC(=O)CCCCCCC)(OC(=O)CCCCCCC)C(CO)(CO)CO. The molecule has 0 radical (unpaired) electrons. The lowest BCUT2D eigenvalue weighted by Crippen LogP contribution is -2.66. The Morgan fingerprint density at radius 1 is 0.550 bits per heavy atom. The molecule has 0 saturated carbocycles. The monoisotopic (exact) mass is 574 g/mol. The first-order valence-electron chi connectivity index (χ1n) is 15.7. The summed E-state index contributed by atoms with van der Waals surface area (Å²) in [6.45, 7) is 5.03. The molecule has 0 saturated heterocycles. The lowest BCUT2D eigenvalue weighted by atomic mass is 9.77. The molecular formula is C31H58O9. The Labute approximate surface area is 242 Å². The van der Waals surface area contributed by atoms with Crippen LogP contribution in [0.3, 0.4) is 0 Å². The minimum Gasteiger partial charge on any atom is -0.454 e. The Morgan fingerprint density at radius 3 is 1.20 bits per heavy atom. The average molecular weight is 575 g/mol. The van der Waals surface area contributed by atoms with Gasteiger partial charge in [0.05, 0.1) is 19.8 Å². The maximum atomic E-state index is 13.1. The van der Waals surface area contributed by atoms with E-state index < -0.39 is 55.0 Å². The summed E-state index contributed by atoms with van der Waals surface area (Å²) >= 11 is 0. The molecule has 0 spiro atoms. The summed E-state index contributed by atoms with van der Waals surface area (Å²) in [6.07, 6.45) is 12.2. The van der Waals surface area contributed by atoms with E-state index in [-0.39, 0.29) is 19.3 Å². The highest BCUT2D eigenvalue weighted by Gasteiger charge is 2.62. The van der Waals surface area contributed by atoms with Crippen LogP contribution < -0.4 is 0 Å². The third-order valence-corrected chi connectivity index (χ3v) is 7.47. The molecule has 0 aromatic heterocycles. The second kappa shape index (κ2) is 22.9. The van der Waals surface area contributed by atoms with Crippen LogP contribution in [0, 0.1) is 5.41 Å². The lowest BCUT2D eigenvalue weighted by Gasteiger charge is -2.47. The van der Waals surface area contributed by atoms with E-state index in [9.17, 15) is 29.7 Å². The van der Waals surface area contributed by atoms with Gasteiger partial charge in [-0.15, -0.1) is 0 Å². The van der Waals surface area contributed by atoms with E-state index >= 15 is 0 Å². The van der Waals surface area contributed by atoms with Gasteiger partial charge in [-0.05, 0) is 26.2 Å². The van der Waals surface area contributed by atoms with Crippen molar-refractivity contribution in [3.8, 4) is 0 Å². The van der Waals surface area contributed by atoms with Crippen molar-refractivity contribution in [2.75, 3.05) is 19.8 Å². The number of carbonyl (C=O) groups is 3. The van der Waals surface area contributed by atoms with Gasteiger partial charge in [0.25, 0.3) is 0 Å². The third-order valence-electron chi connectivity index (χ3n) is 7.47. The number of ether oxygens (including phenoxy) is 3. The van der Waals surface area contributed by atoms with E-state index in [1.54, 1.807) is 0 Å². The Bertz CT molecular complexity index is 639. The van der Waals surface area contributed by atoms with Crippen molar-refractivity contribution < 1.29 is 43.9 Å². The molecule has 0 aromatic rings. The molecule has 0 fully saturated rings. The van der Waals surface area contributed by atoms with Gasteiger partial charge in [0.15, 0.2) is 6.10 Å². The largest absolute Gasteiger partial charge is 0.454 e. The van der Waals surface area contributed by atoms with Gasteiger partial charge in [-0.2, -0.15) is 0 Å². The molecule has 0 bridgehead atoms. The Morgan fingerprint density at radius 2 is 0.875 bits per heavy atom. The van der Waals surface area contributed by atoms with Crippen molar-refractivity contribution in [1.82, 2.24) is 0 Å². The van der Waals surface area contributed by atoms with Crippen LogP contribution in [0.4, 0.5) is 0 Å². The Balaban J connectivity index is 5.98. The number of aliphatic hydroxyl groups excluding tert-OH is 3. The van der Waals surface area contributed by atoms with E-state index in [0.29, 0.717) is 19.3 Å². The molecular weight excluding hydrogens is 516 g/mol. The van der Waals surface area contributed by atoms with E-state index in [2.05, 4.69) is 20.8 Å². The summed E-state index contributed by atoms with van der Waals surface area (Å²) in [4.78, 5) is 38.9. The fourth-order valence-corrected chi connectivity index (χ4v) is 4.71. The smallest absolute Gasteiger partial charge is 0.309 e. The number of aliphatic hydroxyl groups is 3. The van der Waals surface area contributed by atoms with Gasteiger partial charge < -0.3 is 29.5 Å². The van der Waals surface area contributed by atoms with Crippen LogP contribution in [0.25, 0.3) is 0 Å². The van der Waals surface area contributed by atoms with Crippen molar-refractivity contribution in [3.05, 3.63) is 0 Å². The normalized spacial score (nSPS) is 12.7. The molecule has 0 aliphatic heterocycles. The first-order chi connectivity index (χ1) is 19.2. The van der Waals surface area contributed by atoms with Crippen LogP contribution >= 0.6 is 0 Å². The van der Waals surface area contributed by atoms with Crippen LogP contribution in [0.1, 0.15) is 143 Å². The van der Waals surface area contributed by atoms with E-state index in [1.807, 2.05) is 0 Å². The van der Waals surface area contributed by atoms with Gasteiger partial charge in [0, 0.05) is 19.3 Å². The topological polar surface area (TPSA) is 140 Å². The highest BCUT2D eigenvalue weighted by atomic mass is 16.8. The summed E-state index contributed by atoms with van der Waals surface area (Å²) in [5.74, 6) is -4.45. The summed E-state index contributed by atoms with van der Waals surface area (Å²) in [5.41, 5.74) is -2.01. The molecule has 0 amide bonds. The lowest BCUT2D eigenvalue weighted by molar-refractivity contribution is -0.325. The number of carbonyl (C=O) groups excluding carboxylic acids is 3. The maximum absolute atomic E-state index is 13.1. The van der Waals surface area contributed by atoms with E-state index in [1.165, 1.54) is 6.92 Å². The van der Waals surface area contributed by atoms with Crippen molar-refractivity contribution in [3.63, 3.8) is 0 Å². The fraction of sp³-hybridized carbons (Fsp3) is 0.903. The molecule has 0 aromatic carbocycles. The summed E-state index contributed by atoms with van der Waals surface area (Å²) in [7, 11) is 0. The Kier molecular flexibility index (Phi) is 21.9. The molecule has 0 aliphatic rings. The van der Waals surface area contributed by atoms with Gasteiger partial charge in [-0.1, -0.05) is 97.8 Å². The van der Waals surface area contributed by atoms with Crippen LogP contribution in [0.2, 0.25) is 0 Å². The second-order valence-corrected chi connectivity index (χ2v) is 11.0. The summed E-state index contributed by atoms with van der Waals surface area (Å²) in [5, 5.41) is 31.0. The minimum atomic E-state index is -2.41. The fourth-order valence-electron chi connectivity index (χ4n) is 4.71. The zero-order chi connectivity index (χ0) is 30.3. The molecule has 9 heteroatoms. The highest BCUT2D eigenvalue weighted by Crippen LogP contribution is 2.41. The molecule has 0 rings (SSSR count). The average Bonchev–Trinajstić information content (AvgIpc) is 2.93. The summed E-state index contributed by atoms with van der Waals surface area (Å²) < 4.78 is 17.2. The molecule has 1 unspecified atom stereocenters. The van der Waals surface area contributed by atoms with E-state index in [0.717, 1.165) is 77.0 Å². The van der Waals surface area contributed by atoms with Crippen LogP contribution in [0.15, 0.2) is 0 Å². The Hall–Kier alpha value is -1.71. The van der Waals surface area contributed by atoms with E-state index in [4.69, 9.17) is 14.2 Å². The van der Waals surface area contributed by atoms with Gasteiger partial charge in [0.2, 0.25) is 0 Å². The standard InChI is InChI=1S/C31H58O9/c1-5-8-11-14-17-20-27(35)38-26(4)31(30(23-32,24-33)25-34,39-28(36)21-18-15-12-9-6-2)40-29(37)22-19-16-13-10-7-3/h26,32-34H,5-25H2,1-4H3. The van der Waals surface area contributed by atoms with Crippen LogP contribution in [-0.4, -0.2) is 64.9 Å². The molecule has 0 heterocycles. The number of unbranched alkanes of at least 4 members (excludes halogenated alkanes) is 12. The minimum absolute atomic E-state index is 0.0104. The van der Waals surface area contributed by atoms with Crippen molar-refractivity contribution in [1.29, 1.82) is 0 Å². The quantitative estimate of drug-likeness (QED) is 0.0669. The van der Waals surface area contributed by atoms with Crippen molar-refractivity contribution >= 4 is 17.9 Å². The molecule has 0 aliphatic carbocycles. The number of hydrogen-bond acceptors (Lipinski definition) is 9. The molecule has 40 heavy (non-hydrogen) atoms. The molecule has 236 valence electrons. The van der Waals surface area contributed by atoms with Crippen LogP contribution in [-0.2, 0) is 28.6 Å². The predicted molar refractivity (Wildman–Crippen MR) is 154 cm³/mol. The zero-order valence-corrected chi connectivity index (χ0v) is 25.7. The van der Waals surface area contributed by atoms with Gasteiger partial charge in [-0.3, -0.25) is 14.4 Å². The molecule has 3 N–H and O–H groups in total. The number of hydrogen-bond donors (Lipinski definition) is 3. The molecule has 9 nitrogen and oxygen atoms in total. The number of rotatable bonds is 26. The highest BCUT2D eigenvalue weighted by molar-refractivity contribution is 5.73. The van der Waals surface area contributed by atoms with Gasteiger partial charge in [-0.25, -0.2) is 0 Å². The predicted octanol–water partition coefficient (Wildman–Crippen LogP) is 5.75. The van der Waals surface area contributed by atoms with Crippen LogP contribution in [0.5, 0.6) is 0 Å². The summed E-state index contributed by atoms with van der Waals surface area (Å²) in [6, 6.07) is 0. The first kappa shape index (κ1) is 38.3. The second-order valence-electron chi connectivity index (χ2n) is 11.0. The first-order valence-corrected chi connectivity index (χ1v) is 15.7. The van der Waals surface area contributed by atoms with Crippen molar-refractivity contribution in [2.24, 2.45) is 5.41 Å². The van der Waals surface area contributed by atoms with Gasteiger partial charge >= 0.3 is 23.7 Å². The third kappa shape index (κ3) is 13.8.